The summed E-state index contributed by atoms with van der Waals surface area (Å²) < 4.78 is 5.22. The third kappa shape index (κ3) is 3.17. The SMILES string of the molecule is COc1ccc(-c2sc(C)nc2C(=O)N2CC3CC(C)CC3C2C(N)=O)cc1. The highest BCUT2D eigenvalue weighted by molar-refractivity contribution is 7.15. The number of carbonyl (C=O) groups is 2. The molecule has 2 amide bonds. The van der Waals surface area contributed by atoms with Gasteiger partial charge in [0.05, 0.1) is 17.0 Å². The number of amides is 2. The van der Waals surface area contributed by atoms with Crippen LogP contribution in [-0.4, -0.2) is 41.4 Å². The number of methoxy groups -OCH3 is 1. The molecule has 0 bridgehead atoms. The van der Waals surface area contributed by atoms with Crippen molar-refractivity contribution in [2.75, 3.05) is 13.7 Å². The van der Waals surface area contributed by atoms with Crippen LogP contribution in [0.25, 0.3) is 10.4 Å². The first-order valence-corrected chi connectivity index (χ1v) is 10.4. The number of benzene rings is 1. The molecular formula is C21H25N3O3S. The van der Waals surface area contributed by atoms with Crippen molar-refractivity contribution in [1.82, 2.24) is 9.88 Å². The van der Waals surface area contributed by atoms with Crippen LogP contribution in [0.5, 0.6) is 5.75 Å². The van der Waals surface area contributed by atoms with E-state index in [1.165, 1.54) is 11.3 Å². The molecule has 28 heavy (non-hydrogen) atoms. The molecule has 1 aliphatic heterocycles. The number of hydrogen-bond acceptors (Lipinski definition) is 5. The Labute approximate surface area is 168 Å². The molecule has 6 nitrogen and oxygen atoms in total. The number of thiazole rings is 1. The van der Waals surface area contributed by atoms with Gasteiger partial charge in [0.25, 0.3) is 5.91 Å². The highest BCUT2D eigenvalue weighted by Crippen LogP contribution is 2.45. The Morgan fingerprint density at radius 3 is 2.61 bits per heavy atom. The van der Waals surface area contributed by atoms with E-state index in [0.29, 0.717) is 24.1 Å². The number of carbonyl (C=O) groups excluding carboxylic acids is 2. The first-order valence-electron chi connectivity index (χ1n) is 9.61. The van der Waals surface area contributed by atoms with Crippen molar-refractivity contribution in [2.24, 2.45) is 23.5 Å². The number of aromatic nitrogens is 1. The average Bonchev–Trinajstić information content (AvgIpc) is 3.32. The molecule has 2 N–H and O–H groups in total. The van der Waals surface area contributed by atoms with E-state index in [0.717, 1.165) is 34.0 Å². The minimum absolute atomic E-state index is 0.167. The Balaban J connectivity index is 1.67. The van der Waals surface area contributed by atoms with Gasteiger partial charge in [-0.3, -0.25) is 9.59 Å². The molecule has 1 saturated carbocycles. The highest BCUT2D eigenvalue weighted by Gasteiger charge is 2.51. The van der Waals surface area contributed by atoms with E-state index in [4.69, 9.17) is 10.5 Å². The van der Waals surface area contributed by atoms with Gasteiger partial charge in [0.2, 0.25) is 5.91 Å². The van der Waals surface area contributed by atoms with Crippen LogP contribution in [0.4, 0.5) is 0 Å². The zero-order valence-corrected chi connectivity index (χ0v) is 17.2. The third-order valence-corrected chi connectivity index (χ3v) is 7.02. The number of primary amides is 1. The summed E-state index contributed by atoms with van der Waals surface area (Å²) >= 11 is 1.48. The molecule has 1 saturated heterocycles. The second kappa shape index (κ2) is 7.20. The molecule has 0 radical (unpaired) electrons. The summed E-state index contributed by atoms with van der Waals surface area (Å²) in [5.74, 6) is 1.24. The van der Waals surface area contributed by atoms with Gasteiger partial charge in [0.1, 0.15) is 17.5 Å². The standard InChI is InChI=1S/C21H25N3O3S/c1-11-8-14-10-24(18(20(22)25)16(14)9-11)21(26)17-19(28-12(2)23-17)13-4-6-15(27-3)7-5-13/h4-7,11,14,16,18H,8-10H2,1-3H3,(H2,22,25). The maximum Gasteiger partial charge on any atom is 0.274 e. The molecule has 4 unspecified atom stereocenters. The van der Waals surface area contributed by atoms with Crippen LogP contribution >= 0.6 is 11.3 Å². The Morgan fingerprint density at radius 1 is 1.25 bits per heavy atom. The van der Waals surface area contributed by atoms with Gasteiger partial charge in [0, 0.05) is 6.54 Å². The maximum absolute atomic E-state index is 13.4. The summed E-state index contributed by atoms with van der Waals surface area (Å²) in [6, 6.07) is 7.05. The fourth-order valence-corrected chi connectivity index (χ4v) is 5.77. The van der Waals surface area contributed by atoms with Gasteiger partial charge >= 0.3 is 0 Å². The second-order valence-corrected chi connectivity index (χ2v) is 9.15. The third-order valence-electron chi connectivity index (χ3n) is 6.00. The van der Waals surface area contributed by atoms with E-state index in [9.17, 15) is 9.59 Å². The number of rotatable bonds is 4. The first kappa shape index (κ1) is 18.9. The summed E-state index contributed by atoms with van der Waals surface area (Å²) in [5, 5.41) is 0.817. The fourth-order valence-electron chi connectivity index (χ4n) is 4.86. The number of ether oxygens (including phenoxy) is 1. The normalized spacial score (nSPS) is 26.3. The Hall–Kier alpha value is -2.41. The summed E-state index contributed by atoms with van der Waals surface area (Å²) in [5.41, 5.74) is 7.05. The summed E-state index contributed by atoms with van der Waals surface area (Å²) in [6.07, 6.45) is 1.99. The molecule has 1 aliphatic carbocycles. The Bertz CT molecular complexity index is 908. The van der Waals surface area contributed by atoms with E-state index >= 15 is 0 Å². The lowest BCUT2D eigenvalue weighted by molar-refractivity contribution is -0.122. The number of fused-ring (bicyclic) bond motifs is 1. The molecule has 0 spiro atoms. The van der Waals surface area contributed by atoms with Crippen molar-refractivity contribution in [3.05, 3.63) is 35.0 Å². The van der Waals surface area contributed by atoms with Crippen LogP contribution in [0.1, 0.15) is 35.3 Å². The van der Waals surface area contributed by atoms with Crippen molar-refractivity contribution < 1.29 is 14.3 Å². The monoisotopic (exact) mass is 399 g/mol. The van der Waals surface area contributed by atoms with Crippen molar-refractivity contribution >= 4 is 23.2 Å². The topological polar surface area (TPSA) is 85.5 Å². The first-order chi connectivity index (χ1) is 13.4. The van der Waals surface area contributed by atoms with E-state index in [1.54, 1.807) is 12.0 Å². The predicted octanol–water partition coefficient (Wildman–Crippen LogP) is 3.10. The van der Waals surface area contributed by atoms with Crippen LogP contribution in [0, 0.1) is 24.7 Å². The maximum atomic E-state index is 13.4. The number of aryl methyl sites for hydroxylation is 1. The molecule has 2 aromatic rings. The molecular weight excluding hydrogens is 374 g/mol. The van der Waals surface area contributed by atoms with Gasteiger partial charge in [-0.2, -0.15) is 0 Å². The Kier molecular flexibility index (Phi) is 4.87. The van der Waals surface area contributed by atoms with Crippen LogP contribution in [0.2, 0.25) is 0 Å². The molecule has 148 valence electrons. The largest absolute Gasteiger partial charge is 0.497 e. The van der Waals surface area contributed by atoms with Crippen LogP contribution in [-0.2, 0) is 4.79 Å². The smallest absolute Gasteiger partial charge is 0.274 e. The van der Waals surface area contributed by atoms with Gasteiger partial charge in [-0.25, -0.2) is 4.98 Å². The summed E-state index contributed by atoms with van der Waals surface area (Å²) in [7, 11) is 1.62. The minimum atomic E-state index is -0.534. The van der Waals surface area contributed by atoms with Gasteiger partial charge < -0.3 is 15.4 Å². The number of hydrogen-bond donors (Lipinski definition) is 1. The molecule has 2 aliphatic rings. The quantitative estimate of drug-likeness (QED) is 0.856. The highest BCUT2D eigenvalue weighted by atomic mass is 32.1. The zero-order valence-electron chi connectivity index (χ0n) is 16.3. The van der Waals surface area contributed by atoms with E-state index in [2.05, 4.69) is 11.9 Å². The average molecular weight is 400 g/mol. The zero-order chi connectivity index (χ0) is 20.0. The lowest BCUT2D eigenvalue weighted by Crippen LogP contribution is -2.46. The van der Waals surface area contributed by atoms with Gasteiger partial charge in [0.15, 0.2) is 0 Å². The predicted molar refractivity (Wildman–Crippen MR) is 108 cm³/mol. The van der Waals surface area contributed by atoms with E-state index < -0.39 is 11.9 Å². The van der Waals surface area contributed by atoms with Gasteiger partial charge in [-0.05, 0) is 67.3 Å². The molecule has 1 aromatic heterocycles. The fraction of sp³-hybridized carbons (Fsp3) is 0.476. The molecule has 4 rings (SSSR count). The van der Waals surface area contributed by atoms with Crippen LogP contribution < -0.4 is 10.5 Å². The number of nitrogens with zero attached hydrogens (tertiary/aromatic N) is 2. The molecule has 2 fully saturated rings. The molecule has 2 heterocycles. The lowest BCUT2D eigenvalue weighted by Gasteiger charge is -2.25. The van der Waals surface area contributed by atoms with Crippen molar-refractivity contribution in [2.45, 2.75) is 32.7 Å². The molecule has 4 atom stereocenters. The lowest BCUT2D eigenvalue weighted by atomic mass is 9.93. The number of likely N-dealkylation sites (tertiary alicyclic amines) is 1. The Morgan fingerprint density at radius 2 is 1.96 bits per heavy atom. The van der Waals surface area contributed by atoms with Crippen LogP contribution in [0.15, 0.2) is 24.3 Å². The van der Waals surface area contributed by atoms with E-state index in [1.807, 2.05) is 31.2 Å². The van der Waals surface area contributed by atoms with Gasteiger partial charge in [-0.15, -0.1) is 11.3 Å². The molecule has 1 aromatic carbocycles. The van der Waals surface area contributed by atoms with Crippen molar-refractivity contribution in [3.8, 4) is 16.2 Å². The summed E-state index contributed by atoms with van der Waals surface area (Å²) in [6.45, 7) is 4.68. The van der Waals surface area contributed by atoms with Gasteiger partial charge in [-0.1, -0.05) is 6.92 Å². The van der Waals surface area contributed by atoms with Crippen molar-refractivity contribution in [1.29, 1.82) is 0 Å². The minimum Gasteiger partial charge on any atom is -0.497 e. The van der Waals surface area contributed by atoms with E-state index in [-0.39, 0.29) is 11.8 Å². The molecule has 7 heteroatoms. The summed E-state index contributed by atoms with van der Waals surface area (Å²) in [4.78, 5) is 32.7. The second-order valence-electron chi connectivity index (χ2n) is 7.94. The number of nitrogens with two attached hydrogens (primary N) is 1. The van der Waals surface area contributed by atoms with Crippen molar-refractivity contribution in [3.63, 3.8) is 0 Å². The van der Waals surface area contributed by atoms with Crippen LogP contribution in [0.3, 0.4) is 0 Å².